The van der Waals surface area contributed by atoms with Crippen molar-refractivity contribution in [2.75, 3.05) is 0 Å². The van der Waals surface area contributed by atoms with Gasteiger partial charge in [-0.15, -0.1) is 0 Å². The van der Waals surface area contributed by atoms with Crippen molar-refractivity contribution in [2.45, 2.75) is 52.1 Å². The lowest BCUT2D eigenvalue weighted by Crippen LogP contribution is -2.39. The maximum absolute atomic E-state index is 12.7. The number of hydrogen-bond donors (Lipinski definition) is 1. The van der Waals surface area contributed by atoms with Crippen LogP contribution in [0.2, 0.25) is 5.02 Å². The average Bonchev–Trinajstić information content (AvgIpc) is 2.95. The molecule has 0 unspecified atom stereocenters. The Balaban J connectivity index is 1.41. The van der Waals surface area contributed by atoms with Crippen LogP contribution in [0.1, 0.15) is 47.3 Å². The average molecular weight is 428 g/mol. The summed E-state index contributed by atoms with van der Waals surface area (Å²) in [6.45, 7) is 4.47. The fraction of sp³-hybridized carbons (Fsp3) is 0.455. The zero-order chi connectivity index (χ0) is 21.4. The summed E-state index contributed by atoms with van der Waals surface area (Å²) >= 11 is 5.99. The molecule has 0 atom stereocenters. The van der Waals surface area contributed by atoms with Crippen molar-refractivity contribution in [3.8, 4) is 0 Å². The van der Waals surface area contributed by atoms with Crippen LogP contribution in [0, 0.1) is 19.8 Å². The van der Waals surface area contributed by atoms with Crippen LogP contribution in [0.15, 0.2) is 29.3 Å². The summed E-state index contributed by atoms with van der Waals surface area (Å²) in [6, 6.07) is 3.81. The third-order valence-electron chi connectivity index (χ3n) is 6.03. The number of imidazole rings is 1. The highest BCUT2D eigenvalue weighted by molar-refractivity contribution is 6.30. The fourth-order valence-corrected chi connectivity index (χ4v) is 4.46. The Morgan fingerprint density at radius 2 is 1.90 bits per heavy atom. The third-order valence-corrected chi connectivity index (χ3v) is 6.24. The molecule has 0 aliphatic heterocycles. The summed E-state index contributed by atoms with van der Waals surface area (Å²) in [4.78, 5) is 33.9. The minimum atomic E-state index is -0.127. The van der Waals surface area contributed by atoms with Gasteiger partial charge in [-0.2, -0.15) is 0 Å². The summed E-state index contributed by atoms with van der Waals surface area (Å²) < 4.78 is 3.46. The minimum Gasteiger partial charge on any atom is -0.349 e. The summed E-state index contributed by atoms with van der Waals surface area (Å²) in [7, 11) is 1.77. The normalized spacial score (nSPS) is 19.2. The van der Waals surface area contributed by atoms with E-state index in [4.69, 9.17) is 11.6 Å². The van der Waals surface area contributed by atoms with Gasteiger partial charge in [-0.05, 0) is 63.1 Å². The summed E-state index contributed by atoms with van der Waals surface area (Å²) in [6.07, 6.45) is 7.03. The first-order chi connectivity index (χ1) is 14.3. The Morgan fingerprint density at radius 1 is 1.17 bits per heavy atom. The number of rotatable bonds is 4. The van der Waals surface area contributed by atoms with Crippen LogP contribution < -0.4 is 11.0 Å². The maximum Gasteiger partial charge on any atom is 0.330 e. The quantitative estimate of drug-likeness (QED) is 0.691. The van der Waals surface area contributed by atoms with Crippen LogP contribution in [-0.2, 0) is 13.6 Å². The number of halogens is 1. The number of amides is 1. The zero-order valence-electron chi connectivity index (χ0n) is 17.5. The Morgan fingerprint density at radius 3 is 2.63 bits per heavy atom. The Hall–Kier alpha value is -2.67. The van der Waals surface area contributed by atoms with E-state index >= 15 is 0 Å². The third kappa shape index (κ3) is 3.99. The molecule has 8 heteroatoms. The van der Waals surface area contributed by atoms with Crippen molar-refractivity contribution in [2.24, 2.45) is 13.0 Å². The lowest BCUT2D eigenvalue weighted by Gasteiger charge is -2.29. The van der Waals surface area contributed by atoms with Crippen LogP contribution >= 0.6 is 11.6 Å². The topological polar surface area (TPSA) is 81.8 Å². The van der Waals surface area contributed by atoms with Gasteiger partial charge in [0.2, 0.25) is 0 Å². The van der Waals surface area contributed by atoms with E-state index in [0.717, 1.165) is 42.4 Å². The van der Waals surface area contributed by atoms with Crippen molar-refractivity contribution in [3.63, 3.8) is 0 Å². The van der Waals surface area contributed by atoms with E-state index < -0.39 is 0 Å². The van der Waals surface area contributed by atoms with Gasteiger partial charge >= 0.3 is 5.69 Å². The second-order valence-electron chi connectivity index (χ2n) is 8.29. The molecule has 4 rings (SSSR count). The molecule has 7 nitrogen and oxygen atoms in total. The molecule has 1 N–H and O–H groups in total. The minimum absolute atomic E-state index is 0.0255. The highest BCUT2D eigenvalue weighted by Crippen LogP contribution is 2.27. The molecule has 0 bridgehead atoms. The first-order valence-electron chi connectivity index (χ1n) is 10.3. The molecule has 3 aromatic rings. The Kier molecular flexibility index (Phi) is 5.64. The Bertz CT molecular complexity index is 1160. The maximum atomic E-state index is 12.7. The highest BCUT2D eigenvalue weighted by atomic mass is 35.5. The molecule has 0 saturated heterocycles. The van der Waals surface area contributed by atoms with Gasteiger partial charge in [0.05, 0.1) is 21.8 Å². The molecular weight excluding hydrogens is 402 g/mol. The Labute approximate surface area is 180 Å². The van der Waals surface area contributed by atoms with Crippen molar-refractivity contribution < 1.29 is 4.79 Å². The summed E-state index contributed by atoms with van der Waals surface area (Å²) in [5.74, 6) is 0.273. The molecule has 3 heterocycles. The van der Waals surface area contributed by atoms with E-state index in [1.165, 1.54) is 0 Å². The zero-order valence-corrected chi connectivity index (χ0v) is 18.2. The van der Waals surface area contributed by atoms with Gasteiger partial charge in [0.1, 0.15) is 0 Å². The van der Waals surface area contributed by atoms with E-state index in [-0.39, 0.29) is 17.6 Å². The number of nitrogens with zero attached hydrogens (tertiary/aromatic N) is 4. The standard InChI is InChI=1S/C22H26ClN5O2/c1-13-8-19-20(25-10-13)27(3)22(30)28(19)12-15-4-6-17(7-5-15)26-21(29)18-9-16(23)11-24-14(18)2/h8-11,15,17H,4-7,12H2,1-3H3,(H,26,29). The van der Waals surface area contributed by atoms with Crippen molar-refractivity contribution in [1.82, 2.24) is 24.4 Å². The smallest absolute Gasteiger partial charge is 0.330 e. The highest BCUT2D eigenvalue weighted by Gasteiger charge is 2.25. The molecule has 3 aromatic heterocycles. The van der Waals surface area contributed by atoms with E-state index in [1.54, 1.807) is 37.0 Å². The number of nitrogens with one attached hydrogen (secondary N) is 1. The predicted octanol–water partition coefficient (Wildman–Crippen LogP) is 3.39. The number of fused-ring (bicyclic) bond motifs is 1. The van der Waals surface area contributed by atoms with E-state index in [2.05, 4.69) is 15.3 Å². The number of pyridine rings is 2. The van der Waals surface area contributed by atoms with Gasteiger partial charge in [0.15, 0.2) is 5.65 Å². The van der Waals surface area contributed by atoms with Gasteiger partial charge in [-0.3, -0.25) is 18.9 Å². The molecule has 158 valence electrons. The number of aryl methyl sites for hydroxylation is 3. The molecule has 0 aromatic carbocycles. The van der Waals surface area contributed by atoms with Gasteiger partial charge < -0.3 is 5.32 Å². The second kappa shape index (κ2) is 8.22. The van der Waals surface area contributed by atoms with E-state index in [0.29, 0.717) is 28.7 Å². The number of carbonyl (C=O) groups is 1. The molecule has 30 heavy (non-hydrogen) atoms. The number of hydrogen-bond acceptors (Lipinski definition) is 4. The number of aromatic nitrogens is 4. The SMILES string of the molecule is Cc1cnc2c(c1)n(CC1CCC(NC(=O)c3cc(Cl)cnc3C)CC1)c(=O)n2C. The molecule has 0 spiro atoms. The number of carbonyl (C=O) groups excluding carboxylic acids is 1. The fourth-order valence-electron chi connectivity index (χ4n) is 4.30. The van der Waals surface area contributed by atoms with Crippen molar-refractivity contribution >= 4 is 28.7 Å². The van der Waals surface area contributed by atoms with E-state index in [9.17, 15) is 9.59 Å². The monoisotopic (exact) mass is 427 g/mol. The van der Waals surface area contributed by atoms with Crippen LogP contribution in [0.5, 0.6) is 0 Å². The van der Waals surface area contributed by atoms with Gasteiger partial charge in [0, 0.05) is 32.0 Å². The van der Waals surface area contributed by atoms with Gasteiger partial charge in [0.25, 0.3) is 5.91 Å². The summed E-state index contributed by atoms with van der Waals surface area (Å²) in [5, 5.41) is 3.58. The molecule has 1 saturated carbocycles. The first kappa shape index (κ1) is 20.6. The molecule has 1 amide bonds. The van der Waals surface area contributed by atoms with Crippen LogP contribution in [0.4, 0.5) is 0 Å². The van der Waals surface area contributed by atoms with Crippen LogP contribution in [0.25, 0.3) is 11.2 Å². The molecule has 1 aliphatic carbocycles. The van der Waals surface area contributed by atoms with Crippen molar-refractivity contribution in [3.05, 3.63) is 56.9 Å². The van der Waals surface area contributed by atoms with Crippen LogP contribution in [0.3, 0.4) is 0 Å². The lowest BCUT2D eigenvalue weighted by atomic mass is 9.85. The van der Waals surface area contributed by atoms with Crippen LogP contribution in [-0.4, -0.2) is 31.1 Å². The predicted molar refractivity (Wildman–Crippen MR) is 117 cm³/mol. The van der Waals surface area contributed by atoms with E-state index in [1.807, 2.05) is 17.6 Å². The first-order valence-corrected chi connectivity index (χ1v) is 10.7. The largest absolute Gasteiger partial charge is 0.349 e. The van der Waals surface area contributed by atoms with Crippen molar-refractivity contribution in [1.29, 1.82) is 0 Å². The van der Waals surface area contributed by atoms with Gasteiger partial charge in [-0.25, -0.2) is 9.78 Å². The summed E-state index contributed by atoms with van der Waals surface area (Å²) in [5.41, 5.74) is 3.82. The molecular formula is C22H26ClN5O2. The van der Waals surface area contributed by atoms with Gasteiger partial charge in [-0.1, -0.05) is 11.6 Å². The molecule has 0 radical (unpaired) electrons. The molecule has 1 fully saturated rings. The lowest BCUT2D eigenvalue weighted by molar-refractivity contribution is 0.0919. The molecule has 1 aliphatic rings. The second-order valence-corrected chi connectivity index (χ2v) is 8.72.